The van der Waals surface area contributed by atoms with Crippen molar-refractivity contribution in [2.24, 2.45) is 0 Å². The third-order valence-corrected chi connectivity index (χ3v) is 6.71. The van der Waals surface area contributed by atoms with Crippen molar-refractivity contribution in [3.63, 3.8) is 0 Å². The molecule has 2 aromatic heterocycles. The molecule has 0 radical (unpaired) electrons. The third kappa shape index (κ3) is 6.14. The fourth-order valence-electron chi connectivity index (χ4n) is 4.56. The van der Waals surface area contributed by atoms with Crippen molar-refractivity contribution < 1.29 is 18.0 Å². The van der Waals surface area contributed by atoms with Crippen LogP contribution in [0.25, 0.3) is 0 Å². The van der Waals surface area contributed by atoms with Crippen LogP contribution in [0.15, 0.2) is 67.0 Å². The molecule has 0 fully saturated rings. The number of hydrogen-bond donors (Lipinski definition) is 3. The van der Waals surface area contributed by atoms with E-state index in [9.17, 15) is 18.0 Å². The zero-order valence-electron chi connectivity index (χ0n) is 22.0. The van der Waals surface area contributed by atoms with E-state index in [1.54, 1.807) is 31.4 Å². The molecule has 1 aliphatic heterocycles. The number of aryl methyl sites for hydroxylation is 1. The number of amides is 1. The van der Waals surface area contributed by atoms with Crippen molar-refractivity contribution >= 4 is 28.9 Å². The van der Waals surface area contributed by atoms with Gasteiger partial charge in [-0.1, -0.05) is 18.2 Å². The Morgan fingerprint density at radius 1 is 1.02 bits per heavy atom. The minimum atomic E-state index is -4.37. The normalized spacial score (nSPS) is 13.0. The SMILES string of the molecule is CNC(=O)c1ccc(Nc2ncc3c(n2)CCN(c2cc(NCc4cccc(C(F)(F)F)c4)ccc2C)C3)cn1. The van der Waals surface area contributed by atoms with Crippen LogP contribution in [0.1, 0.15) is 38.4 Å². The lowest BCUT2D eigenvalue weighted by atomic mass is 10.0. The van der Waals surface area contributed by atoms with Gasteiger partial charge in [-0.15, -0.1) is 0 Å². The monoisotopic (exact) mass is 547 g/mol. The van der Waals surface area contributed by atoms with Crippen LogP contribution in [0.4, 0.5) is 36.2 Å². The highest BCUT2D eigenvalue weighted by atomic mass is 19.4. The number of carbonyl (C=O) groups excluding carboxylic acids is 1. The van der Waals surface area contributed by atoms with Crippen LogP contribution in [0.5, 0.6) is 0 Å². The van der Waals surface area contributed by atoms with Gasteiger partial charge in [0.1, 0.15) is 5.69 Å². The van der Waals surface area contributed by atoms with Gasteiger partial charge < -0.3 is 20.9 Å². The number of alkyl halides is 3. The molecule has 0 saturated carbocycles. The molecular weight excluding hydrogens is 519 g/mol. The van der Waals surface area contributed by atoms with Gasteiger partial charge in [0.2, 0.25) is 5.95 Å². The molecule has 0 aliphatic carbocycles. The summed E-state index contributed by atoms with van der Waals surface area (Å²) in [6.07, 6.45) is -0.267. The van der Waals surface area contributed by atoms with Gasteiger partial charge in [0.25, 0.3) is 5.91 Å². The summed E-state index contributed by atoms with van der Waals surface area (Å²) in [7, 11) is 1.55. The molecule has 2 aromatic carbocycles. The summed E-state index contributed by atoms with van der Waals surface area (Å²) in [6, 6.07) is 14.7. The number of pyridine rings is 1. The van der Waals surface area contributed by atoms with Gasteiger partial charge in [-0.25, -0.2) is 15.0 Å². The lowest BCUT2D eigenvalue weighted by molar-refractivity contribution is -0.137. The van der Waals surface area contributed by atoms with Gasteiger partial charge in [0, 0.05) is 56.2 Å². The van der Waals surface area contributed by atoms with Crippen LogP contribution in [-0.2, 0) is 25.7 Å². The molecule has 8 nitrogen and oxygen atoms in total. The number of hydrogen-bond acceptors (Lipinski definition) is 7. The zero-order valence-corrected chi connectivity index (χ0v) is 22.0. The molecule has 0 saturated heterocycles. The highest BCUT2D eigenvalue weighted by Crippen LogP contribution is 2.31. The fourth-order valence-corrected chi connectivity index (χ4v) is 4.56. The Morgan fingerprint density at radius 2 is 1.85 bits per heavy atom. The molecule has 0 spiro atoms. The number of anilines is 4. The summed E-state index contributed by atoms with van der Waals surface area (Å²) in [5, 5.41) is 8.93. The van der Waals surface area contributed by atoms with Gasteiger partial charge >= 0.3 is 6.18 Å². The van der Waals surface area contributed by atoms with E-state index in [2.05, 4.69) is 35.8 Å². The minimum absolute atomic E-state index is 0.256. The topological polar surface area (TPSA) is 95.1 Å². The lowest BCUT2D eigenvalue weighted by Crippen LogP contribution is -2.31. The molecular formula is C29H28F3N7O. The highest BCUT2D eigenvalue weighted by Gasteiger charge is 2.30. The number of aromatic nitrogens is 3. The number of benzene rings is 2. The van der Waals surface area contributed by atoms with Crippen molar-refractivity contribution in [2.75, 3.05) is 29.1 Å². The number of carbonyl (C=O) groups is 1. The predicted octanol–water partition coefficient (Wildman–Crippen LogP) is 5.48. The third-order valence-electron chi connectivity index (χ3n) is 6.71. The number of nitrogens with one attached hydrogen (secondary N) is 3. The summed E-state index contributed by atoms with van der Waals surface area (Å²) in [6.45, 7) is 3.71. The van der Waals surface area contributed by atoms with Crippen molar-refractivity contribution in [3.8, 4) is 0 Å². The van der Waals surface area contributed by atoms with Crippen molar-refractivity contribution in [2.45, 2.75) is 32.6 Å². The van der Waals surface area contributed by atoms with E-state index in [1.807, 2.05) is 31.3 Å². The molecule has 3 heterocycles. The standard InChI is InChI=1S/C29H28F3N7O/c1-18-6-7-22(34-14-19-4-3-5-21(12-19)29(30,31)32)13-26(18)39-11-10-24-20(17-39)15-36-28(38-24)37-23-8-9-25(35-16-23)27(40)33-2/h3-9,12-13,15-16,34H,10-11,14,17H2,1-2H3,(H,33,40)(H,36,37,38). The second-order valence-corrected chi connectivity index (χ2v) is 9.53. The average molecular weight is 548 g/mol. The molecule has 0 atom stereocenters. The molecule has 1 aliphatic rings. The van der Waals surface area contributed by atoms with Gasteiger partial charge in [0.05, 0.1) is 23.1 Å². The summed E-state index contributed by atoms with van der Waals surface area (Å²) in [5.41, 5.74) is 5.86. The molecule has 0 unspecified atom stereocenters. The lowest BCUT2D eigenvalue weighted by Gasteiger charge is -2.31. The van der Waals surface area contributed by atoms with Crippen LogP contribution in [0.2, 0.25) is 0 Å². The molecule has 5 rings (SSSR count). The van der Waals surface area contributed by atoms with E-state index in [4.69, 9.17) is 0 Å². The van der Waals surface area contributed by atoms with Crippen LogP contribution >= 0.6 is 0 Å². The summed E-state index contributed by atoms with van der Waals surface area (Å²) in [4.78, 5) is 27.2. The maximum absolute atomic E-state index is 13.1. The maximum atomic E-state index is 13.1. The Bertz CT molecular complexity index is 1520. The summed E-state index contributed by atoms with van der Waals surface area (Å²) >= 11 is 0. The van der Waals surface area contributed by atoms with Crippen molar-refractivity contribution in [1.29, 1.82) is 0 Å². The Morgan fingerprint density at radius 3 is 2.60 bits per heavy atom. The number of fused-ring (bicyclic) bond motifs is 1. The first-order valence-electron chi connectivity index (χ1n) is 12.7. The Hall–Kier alpha value is -4.67. The van der Waals surface area contributed by atoms with E-state index in [1.165, 1.54) is 12.1 Å². The number of rotatable bonds is 7. The number of halogens is 3. The van der Waals surface area contributed by atoms with E-state index in [0.29, 0.717) is 29.4 Å². The highest BCUT2D eigenvalue weighted by molar-refractivity contribution is 5.92. The molecule has 3 N–H and O–H groups in total. The zero-order chi connectivity index (χ0) is 28.3. The molecule has 206 valence electrons. The van der Waals surface area contributed by atoms with Crippen LogP contribution in [0.3, 0.4) is 0 Å². The summed E-state index contributed by atoms with van der Waals surface area (Å²) < 4.78 is 39.2. The summed E-state index contributed by atoms with van der Waals surface area (Å²) in [5.74, 6) is 0.201. The Kier molecular flexibility index (Phi) is 7.54. The molecule has 1 amide bonds. The van der Waals surface area contributed by atoms with Crippen LogP contribution < -0.4 is 20.9 Å². The van der Waals surface area contributed by atoms with Gasteiger partial charge in [0.15, 0.2) is 0 Å². The quantitative estimate of drug-likeness (QED) is 0.282. The van der Waals surface area contributed by atoms with Gasteiger partial charge in [-0.2, -0.15) is 13.2 Å². The van der Waals surface area contributed by atoms with Gasteiger partial charge in [-0.3, -0.25) is 4.79 Å². The number of nitrogens with zero attached hydrogens (tertiary/aromatic N) is 4. The van der Waals surface area contributed by atoms with E-state index in [0.717, 1.165) is 47.2 Å². The van der Waals surface area contributed by atoms with Crippen molar-refractivity contribution in [1.82, 2.24) is 20.3 Å². The minimum Gasteiger partial charge on any atom is -0.381 e. The molecule has 11 heteroatoms. The molecule has 40 heavy (non-hydrogen) atoms. The van der Waals surface area contributed by atoms with E-state index < -0.39 is 11.7 Å². The first-order valence-corrected chi connectivity index (χ1v) is 12.7. The van der Waals surface area contributed by atoms with Gasteiger partial charge in [-0.05, 0) is 54.4 Å². The van der Waals surface area contributed by atoms with Crippen molar-refractivity contribution in [3.05, 3.63) is 101 Å². The average Bonchev–Trinajstić information content (AvgIpc) is 2.96. The largest absolute Gasteiger partial charge is 0.416 e. The Balaban J connectivity index is 1.25. The molecule has 0 bridgehead atoms. The smallest absolute Gasteiger partial charge is 0.381 e. The Labute approximate surface area is 229 Å². The van der Waals surface area contributed by atoms with E-state index in [-0.39, 0.29) is 12.5 Å². The predicted molar refractivity (Wildman–Crippen MR) is 148 cm³/mol. The second-order valence-electron chi connectivity index (χ2n) is 9.53. The second kappa shape index (κ2) is 11.2. The van der Waals surface area contributed by atoms with E-state index >= 15 is 0 Å². The van der Waals surface area contributed by atoms with Crippen LogP contribution in [0, 0.1) is 6.92 Å². The van der Waals surface area contributed by atoms with Crippen LogP contribution in [-0.4, -0.2) is 34.5 Å². The maximum Gasteiger partial charge on any atom is 0.416 e. The fraction of sp³-hybridized carbons (Fsp3) is 0.241. The first kappa shape index (κ1) is 26.9. The first-order chi connectivity index (χ1) is 19.2. The molecule has 4 aromatic rings.